The van der Waals surface area contributed by atoms with Crippen LogP contribution in [-0.2, 0) is 6.54 Å². The van der Waals surface area contributed by atoms with Crippen LogP contribution in [0, 0.1) is 0 Å². The summed E-state index contributed by atoms with van der Waals surface area (Å²) in [5.41, 5.74) is 2.16. The average Bonchev–Trinajstić information content (AvgIpc) is 2.55. The Morgan fingerprint density at radius 1 is 1.05 bits per heavy atom. The monoisotopic (exact) mass is 279 g/mol. The van der Waals surface area contributed by atoms with E-state index < -0.39 is 0 Å². The lowest BCUT2D eigenvalue weighted by Crippen LogP contribution is -2.20. The highest BCUT2D eigenvalue weighted by Gasteiger charge is 1.98. The van der Waals surface area contributed by atoms with E-state index in [0.717, 1.165) is 29.7 Å². The normalized spacial score (nSPS) is 10.7. The minimum Gasteiger partial charge on any atom is -0.491 e. The minimum atomic E-state index is 0.611. The maximum absolute atomic E-state index is 5.71. The van der Waals surface area contributed by atoms with E-state index >= 15 is 0 Å². The Morgan fingerprint density at radius 2 is 2.00 bits per heavy atom. The van der Waals surface area contributed by atoms with Gasteiger partial charge in [-0.15, -0.1) is 0 Å². The molecule has 0 amide bonds. The van der Waals surface area contributed by atoms with Crippen LogP contribution < -0.4 is 10.1 Å². The summed E-state index contributed by atoms with van der Waals surface area (Å²) in [6.07, 6.45) is 5.41. The third-order valence-corrected chi connectivity index (χ3v) is 3.16. The third-order valence-electron chi connectivity index (χ3n) is 3.16. The second kappa shape index (κ2) is 6.81. The number of aromatic nitrogens is 2. The van der Waals surface area contributed by atoms with Crippen molar-refractivity contribution in [2.75, 3.05) is 13.2 Å². The molecule has 0 aliphatic carbocycles. The summed E-state index contributed by atoms with van der Waals surface area (Å²) in [7, 11) is 0. The zero-order valence-electron chi connectivity index (χ0n) is 11.7. The first-order valence-electron chi connectivity index (χ1n) is 6.99. The number of hydrogen-bond donors (Lipinski definition) is 1. The van der Waals surface area contributed by atoms with E-state index in [-0.39, 0.29) is 0 Å². The van der Waals surface area contributed by atoms with Gasteiger partial charge in [-0.05, 0) is 23.8 Å². The van der Waals surface area contributed by atoms with Crippen LogP contribution in [0.15, 0.2) is 61.1 Å². The van der Waals surface area contributed by atoms with Crippen LogP contribution in [-0.4, -0.2) is 23.1 Å². The molecular weight excluding hydrogens is 262 g/mol. The predicted octanol–water partition coefficient (Wildman–Crippen LogP) is 2.80. The summed E-state index contributed by atoms with van der Waals surface area (Å²) in [6, 6.07) is 14.0. The van der Waals surface area contributed by atoms with Gasteiger partial charge < -0.3 is 10.1 Å². The van der Waals surface area contributed by atoms with Crippen molar-refractivity contribution >= 4 is 10.9 Å². The average molecular weight is 279 g/mol. The lowest BCUT2D eigenvalue weighted by molar-refractivity contribution is 0.313. The molecule has 0 radical (unpaired) electrons. The summed E-state index contributed by atoms with van der Waals surface area (Å²) in [5.74, 6) is 0.803. The first-order chi connectivity index (χ1) is 10.4. The van der Waals surface area contributed by atoms with Crippen molar-refractivity contribution in [2.24, 2.45) is 0 Å². The van der Waals surface area contributed by atoms with Crippen LogP contribution in [0.5, 0.6) is 5.75 Å². The molecule has 0 bridgehead atoms. The van der Waals surface area contributed by atoms with Gasteiger partial charge in [0.05, 0.1) is 11.7 Å². The summed E-state index contributed by atoms with van der Waals surface area (Å²) in [6.45, 7) is 2.19. The van der Waals surface area contributed by atoms with Gasteiger partial charge in [-0.25, -0.2) is 0 Å². The van der Waals surface area contributed by atoms with Crippen LogP contribution in [0.1, 0.15) is 5.56 Å². The molecule has 1 aromatic carbocycles. The number of benzene rings is 1. The van der Waals surface area contributed by atoms with E-state index in [9.17, 15) is 0 Å². The van der Waals surface area contributed by atoms with Gasteiger partial charge in [0.2, 0.25) is 0 Å². The number of rotatable bonds is 6. The molecule has 2 heterocycles. The molecule has 0 aliphatic rings. The maximum Gasteiger partial charge on any atom is 0.138 e. The Kier molecular flexibility index (Phi) is 4.39. The fraction of sp³-hybridized carbons (Fsp3) is 0.176. The minimum absolute atomic E-state index is 0.611. The van der Waals surface area contributed by atoms with Gasteiger partial charge in [0.25, 0.3) is 0 Å². The highest BCUT2D eigenvalue weighted by atomic mass is 16.5. The summed E-state index contributed by atoms with van der Waals surface area (Å²) in [5, 5.41) is 4.42. The molecule has 0 spiro atoms. The maximum atomic E-state index is 5.71. The Balaban J connectivity index is 1.46. The molecule has 2 aromatic heterocycles. The summed E-state index contributed by atoms with van der Waals surface area (Å²) in [4.78, 5) is 8.45. The van der Waals surface area contributed by atoms with Crippen molar-refractivity contribution in [3.8, 4) is 5.75 Å². The van der Waals surface area contributed by atoms with Crippen molar-refractivity contribution in [1.82, 2.24) is 15.3 Å². The largest absolute Gasteiger partial charge is 0.491 e. The van der Waals surface area contributed by atoms with Crippen LogP contribution in [0.2, 0.25) is 0 Å². The molecule has 1 N–H and O–H groups in total. The Hall–Kier alpha value is -2.46. The van der Waals surface area contributed by atoms with Crippen molar-refractivity contribution < 1.29 is 4.74 Å². The molecular formula is C17H17N3O. The van der Waals surface area contributed by atoms with Crippen molar-refractivity contribution in [2.45, 2.75) is 6.54 Å². The van der Waals surface area contributed by atoms with Crippen LogP contribution in [0.25, 0.3) is 10.9 Å². The number of nitrogens with one attached hydrogen (secondary N) is 1. The number of fused-ring (bicyclic) bond motifs is 1. The van der Waals surface area contributed by atoms with E-state index in [0.29, 0.717) is 6.61 Å². The fourth-order valence-corrected chi connectivity index (χ4v) is 2.11. The zero-order chi connectivity index (χ0) is 14.3. The zero-order valence-corrected chi connectivity index (χ0v) is 11.7. The summed E-state index contributed by atoms with van der Waals surface area (Å²) >= 11 is 0. The molecule has 3 rings (SSSR count). The smallest absolute Gasteiger partial charge is 0.138 e. The highest BCUT2D eigenvalue weighted by Crippen LogP contribution is 2.17. The van der Waals surface area contributed by atoms with Crippen molar-refractivity contribution in [3.05, 3.63) is 66.6 Å². The molecule has 0 saturated carbocycles. The number of para-hydroxylation sites is 1. The third kappa shape index (κ3) is 3.77. The van der Waals surface area contributed by atoms with Crippen LogP contribution in [0.4, 0.5) is 0 Å². The first kappa shape index (κ1) is 13.5. The lowest BCUT2D eigenvalue weighted by atomic mass is 10.2. The molecule has 3 aromatic rings. The first-order valence-corrected chi connectivity index (χ1v) is 6.99. The predicted molar refractivity (Wildman–Crippen MR) is 83.2 cm³/mol. The van der Waals surface area contributed by atoms with Gasteiger partial charge in [-0.3, -0.25) is 9.97 Å². The fourth-order valence-electron chi connectivity index (χ4n) is 2.11. The topological polar surface area (TPSA) is 47.0 Å². The second-order valence-electron chi connectivity index (χ2n) is 4.75. The van der Waals surface area contributed by atoms with E-state index in [2.05, 4.69) is 15.3 Å². The van der Waals surface area contributed by atoms with E-state index in [1.54, 1.807) is 12.4 Å². The van der Waals surface area contributed by atoms with E-state index in [1.165, 1.54) is 5.56 Å². The SMILES string of the molecule is c1cncc(CNCCOc2cnc3ccccc3c2)c1. The lowest BCUT2D eigenvalue weighted by Gasteiger charge is -2.08. The molecule has 4 nitrogen and oxygen atoms in total. The molecule has 4 heteroatoms. The standard InChI is InChI=1S/C17H17N3O/c1-2-6-17-15(5-1)10-16(13-20-17)21-9-8-19-12-14-4-3-7-18-11-14/h1-7,10-11,13,19H,8-9,12H2. The van der Waals surface area contributed by atoms with Gasteiger partial charge in [0, 0.05) is 30.9 Å². The number of ether oxygens (including phenoxy) is 1. The van der Waals surface area contributed by atoms with Gasteiger partial charge in [-0.1, -0.05) is 24.3 Å². The van der Waals surface area contributed by atoms with Crippen LogP contribution in [0.3, 0.4) is 0 Å². The second-order valence-corrected chi connectivity index (χ2v) is 4.75. The van der Waals surface area contributed by atoms with Gasteiger partial charge in [0.1, 0.15) is 12.4 Å². The molecule has 21 heavy (non-hydrogen) atoms. The van der Waals surface area contributed by atoms with Gasteiger partial charge in [-0.2, -0.15) is 0 Å². The van der Waals surface area contributed by atoms with Crippen molar-refractivity contribution in [3.63, 3.8) is 0 Å². The molecule has 0 aliphatic heterocycles. The Bertz CT molecular complexity index is 700. The van der Waals surface area contributed by atoms with E-state index in [4.69, 9.17) is 4.74 Å². The quantitative estimate of drug-likeness (QED) is 0.705. The van der Waals surface area contributed by atoms with Gasteiger partial charge >= 0.3 is 0 Å². The van der Waals surface area contributed by atoms with Crippen molar-refractivity contribution in [1.29, 1.82) is 0 Å². The highest BCUT2D eigenvalue weighted by molar-refractivity contribution is 5.79. The van der Waals surface area contributed by atoms with Crippen LogP contribution >= 0.6 is 0 Å². The molecule has 0 atom stereocenters. The number of pyridine rings is 2. The Labute approximate surface area is 123 Å². The summed E-state index contributed by atoms with van der Waals surface area (Å²) < 4.78 is 5.71. The molecule has 106 valence electrons. The molecule has 0 saturated heterocycles. The number of hydrogen-bond acceptors (Lipinski definition) is 4. The van der Waals surface area contributed by atoms with Gasteiger partial charge in [0.15, 0.2) is 0 Å². The number of nitrogens with zero attached hydrogens (tertiary/aromatic N) is 2. The van der Waals surface area contributed by atoms with E-state index in [1.807, 2.05) is 48.7 Å². The molecule has 0 fully saturated rings. The Morgan fingerprint density at radius 3 is 2.90 bits per heavy atom. The molecule has 0 unspecified atom stereocenters.